The first-order valence-corrected chi connectivity index (χ1v) is 8.75. The van der Waals surface area contributed by atoms with Crippen LogP contribution in [0.15, 0.2) is 0 Å². The van der Waals surface area contributed by atoms with Crippen LogP contribution in [0.3, 0.4) is 0 Å². The molecule has 6 nitrogen and oxygen atoms in total. The molecule has 1 heterocycles. The first-order chi connectivity index (χ1) is 11.2. The molecular formula is C19H42O6. The monoisotopic (exact) mass is 366 g/mol. The van der Waals surface area contributed by atoms with Gasteiger partial charge < -0.3 is 24.1 Å². The van der Waals surface area contributed by atoms with Crippen molar-refractivity contribution in [3.63, 3.8) is 0 Å². The number of carbonyl (C=O) groups is 1. The second-order valence-electron chi connectivity index (χ2n) is 6.20. The summed E-state index contributed by atoms with van der Waals surface area (Å²) in [5, 5.41) is 9.33. The molecule has 0 aromatic heterocycles. The fourth-order valence-electron chi connectivity index (χ4n) is 1.19. The van der Waals surface area contributed by atoms with Gasteiger partial charge in [0.2, 0.25) is 0 Å². The number of epoxide rings is 1. The van der Waals surface area contributed by atoms with E-state index in [0.717, 1.165) is 26.2 Å². The van der Waals surface area contributed by atoms with E-state index in [9.17, 15) is 9.90 Å². The summed E-state index contributed by atoms with van der Waals surface area (Å²) in [4.78, 5) is 10.1. The highest BCUT2D eigenvalue weighted by molar-refractivity contribution is 5.76. The third kappa shape index (κ3) is 23.5. The van der Waals surface area contributed by atoms with Crippen molar-refractivity contribution in [1.82, 2.24) is 0 Å². The summed E-state index contributed by atoms with van der Waals surface area (Å²) < 4.78 is 20.0. The molecule has 0 aromatic carbocycles. The molecule has 1 saturated heterocycles. The Hall–Kier alpha value is -0.530. The van der Waals surface area contributed by atoms with Gasteiger partial charge in [-0.25, -0.2) is 0 Å². The summed E-state index contributed by atoms with van der Waals surface area (Å²) in [6.45, 7) is 17.5. The van der Waals surface area contributed by atoms with Crippen LogP contribution in [0.5, 0.6) is 0 Å². The molecule has 0 radical (unpaired) electrons. The molecule has 1 N–H and O–H groups in total. The van der Waals surface area contributed by atoms with Gasteiger partial charge >= 0.3 is 0 Å². The largest absolute Gasteiger partial charge is 0.388 e. The molecule has 6 heteroatoms. The van der Waals surface area contributed by atoms with Crippen LogP contribution in [0, 0.1) is 0 Å². The van der Waals surface area contributed by atoms with E-state index in [4.69, 9.17) is 18.9 Å². The molecule has 2 unspecified atom stereocenters. The second-order valence-corrected chi connectivity index (χ2v) is 6.20. The van der Waals surface area contributed by atoms with Crippen molar-refractivity contribution in [3.8, 4) is 0 Å². The highest BCUT2D eigenvalue weighted by Crippen LogP contribution is 2.25. The molecule has 0 amide bonds. The Bertz CT molecular complexity index is 300. The van der Waals surface area contributed by atoms with Crippen LogP contribution in [-0.4, -0.2) is 68.3 Å². The lowest BCUT2D eigenvalue weighted by molar-refractivity contribution is -0.121. The maximum Gasteiger partial charge on any atom is 0.155 e. The zero-order valence-electron chi connectivity index (χ0n) is 16.6. The Balaban J connectivity index is -0.000000287. The van der Waals surface area contributed by atoms with E-state index in [-0.39, 0.29) is 25.4 Å². The van der Waals surface area contributed by atoms with Gasteiger partial charge in [0.05, 0.1) is 25.4 Å². The Kier molecular flexibility index (Phi) is 19.8. The maximum absolute atomic E-state index is 10.1. The lowest BCUT2D eigenvalue weighted by Crippen LogP contribution is -2.29. The molecular weight excluding hydrogens is 324 g/mol. The second kappa shape index (κ2) is 16.9. The van der Waals surface area contributed by atoms with Crippen LogP contribution in [0.2, 0.25) is 0 Å². The van der Waals surface area contributed by atoms with Crippen LogP contribution in [-0.2, 0) is 23.7 Å². The predicted octanol–water partition coefficient (Wildman–Crippen LogP) is 3.24. The van der Waals surface area contributed by atoms with E-state index in [0.29, 0.717) is 19.8 Å². The van der Waals surface area contributed by atoms with Crippen molar-refractivity contribution < 1.29 is 28.8 Å². The summed E-state index contributed by atoms with van der Waals surface area (Å²) in [7, 11) is 0. The summed E-state index contributed by atoms with van der Waals surface area (Å²) in [5.41, 5.74) is -0.550. The molecule has 1 rings (SSSR count). The number of carbonyl (C=O) groups excluding carboxylic acids is 1. The highest BCUT2D eigenvalue weighted by atomic mass is 16.6. The van der Waals surface area contributed by atoms with Gasteiger partial charge in [-0.1, -0.05) is 14.4 Å². The van der Waals surface area contributed by atoms with Gasteiger partial charge in [-0.3, -0.25) is 4.79 Å². The quantitative estimate of drug-likeness (QED) is 0.598. The topological polar surface area (TPSA) is 77.5 Å². The van der Waals surface area contributed by atoms with Gasteiger partial charge in [0.15, 0.2) is 5.78 Å². The number of ketones is 1. The molecule has 1 aliphatic heterocycles. The number of rotatable bonds is 10. The van der Waals surface area contributed by atoms with Crippen molar-refractivity contribution >= 4 is 5.78 Å². The molecule has 0 aromatic rings. The van der Waals surface area contributed by atoms with Crippen molar-refractivity contribution in [2.45, 2.75) is 73.5 Å². The van der Waals surface area contributed by atoms with Gasteiger partial charge in [0.25, 0.3) is 0 Å². The van der Waals surface area contributed by atoms with Gasteiger partial charge in [-0.15, -0.1) is 0 Å². The zero-order valence-corrected chi connectivity index (χ0v) is 16.6. The third-order valence-electron chi connectivity index (χ3n) is 3.14. The highest BCUT2D eigenvalue weighted by Gasteiger charge is 2.39. The first-order valence-electron chi connectivity index (χ1n) is 8.75. The Morgan fingerprint density at radius 1 is 1.12 bits per heavy atom. The summed E-state index contributed by atoms with van der Waals surface area (Å²) in [6, 6.07) is 0. The summed E-state index contributed by atoms with van der Waals surface area (Å²) in [5.74, 6) is 0.0850. The SMILES string of the molecule is C.CCOCC(C)(O)CC.CCOCC(C)=O.CCOCC1(C)CO1. The van der Waals surface area contributed by atoms with Crippen LogP contribution < -0.4 is 0 Å². The van der Waals surface area contributed by atoms with E-state index in [2.05, 4.69) is 6.92 Å². The van der Waals surface area contributed by atoms with E-state index in [1.807, 2.05) is 27.7 Å². The van der Waals surface area contributed by atoms with Crippen molar-refractivity contribution in [2.75, 3.05) is 46.2 Å². The molecule has 0 aliphatic carbocycles. The zero-order chi connectivity index (χ0) is 19.1. The fraction of sp³-hybridized carbons (Fsp3) is 0.947. The normalized spacial score (nSPS) is 20.0. The lowest BCUT2D eigenvalue weighted by atomic mass is 10.1. The van der Waals surface area contributed by atoms with Crippen molar-refractivity contribution in [2.24, 2.45) is 0 Å². The van der Waals surface area contributed by atoms with Crippen LogP contribution >= 0.6 is 0 Å². The van der Waals surface area contributed by atoms with Gasteiger partial charge in [-0.05, 0) is 48.0 Å². The molecule has 1 fully saturated rings. The standard InChI is InChI=1S/C7H16O2.C6H12O2.C5H10O2.CH4/c1-4-7(3,8)6-9-5-2;1-3-7-4-6(2)5-8-6;1-3-7-4-5(2)6;/h8H,4-6H2,1-3H3;3-5H2,1-2H3;3-4H2,1-2H3;1H4. The smallest absolute Gasteiger partial charge is 0.155 e. The van der Waals surface area contributed by atoms with Crippen molar-refractivity contribution in [1.29, 1.82) is 0 Å². The van der Waals surface area contributed by atoms with E-state index in [1.54, 1.807) is 6.92 Å². The molecule has 0 bridgehead atoms. The summed E-state index contributed by atoms with van der Waals surface area (Å²) >= 11 is 0. The predicted molar refractivity (Wildman–Crippen MR) is 102 cm³/mol. The third-order valence-corrected chi connectivity index (χ3v) is 3.14. The minimum atomic E-state index is -0.629. The van der Waals surface area contributed by atoms with Crippen molar-refractivity contribution in [3.05, 3.63) is 0 Å². The molecule has 1 aliphatic rings. The minimum absolute atomic E-state index is 0. The first kappa shape index (κ1) is 29.2. The van der Waals surface area contributed by atoms with Crippen LogP contribution in [0.1, 0.15) is 62.3 Å². The molecule has 154 valence electrons. The average Bonchev–Trinajstić information content (AvgIpc) is 3.28. The van der Waals surface area contributed by atoms with Crippen LogP contribution in [0.25, 0.3) is 0 Å². The summed E-state index contributed by atoms with van der Waals surface area (Å²) in [6.07, 6.45) is 0.743. The Morgan fingerprint density at radius 3 is 1.88 bits per heavy atom. The molecule has 0 spiro atoms. The van der Waals surface area contributed by atoms with E-state index < -0.39 is 5.60 Å². The van der Waals surface area contributed by atoms with Crippen LogP contribution in [0.4, 0.5) is 0 Å². The van der Waals surface area contributed by atoms with E-state index in [1.165, 1.54) is 6.92 Å². The average molecular weight is 367 g/mol. The number of ether oxygens (including phenoxy) is 4. The minimum Gasteiger partial charge on any atom is -0.388 e. The fourth-order valence-corrected chi connectivity index (χ4v) is 1.19. The number of hydrogen-bond donors (Lipinski definition) is 1. The molecule has 2 atom stereocenters. The van der Waals surface area contributed by atoms with Gasteiger partial charge in [0, 0.05) is 19.8 Å². The Labute approximate surface area is 155 Å². The van der Waals surface area contributed by atoms with Gasteiger partial charge in [-0.2, -0.15) is 0 Å². The van der Waals surface area contributed by atoms with E-state index >= 15 is 0 Å². The van der Waals surface area contributed by atoms with Gasteiger partial charge in [0.1, 0.15) is 12.2 Å². The molecule has 0 saturated carbocycles. The Morgan fingerprint density at radius 2 is 1.60 bits per heavy atom. The maximum atomic E-state index is 10.1. The number of aliphatic hydroxyl groups is 1. The number of Topliss-reactive ketones (excluding diaryl/α,β-unsaturated/α-hetero) is 1. The lowest BCUT2D eigenvalue weighted by Gasteiger charge is -2.19. The number of hydrogen-bond acceptors (Lipinski definition) is 6. The molecule has 25 heavy (non-hydrogen) atoms.